The molecule has 0 amide bonds. The first-order valence-electron chi connectivity index (χ1n) is 6.86. The van der Waals surface area contributed by atoms with Gasteiger partial charge >= 0.3 is 0 Å². The smallest absolute Gasteiger partial charge is 0.125 e. The van der Waals surface area contributed by atoms with Gasteiger partial charge in [0.2, 0.25) is 0 Å². The molecule has 3 nitrogen and oxygen atoms in total. The molecule has 0 N–H and O–H groups in total. The third-order valence-corrected chi connectivity index (χ3v) is 4.74. The summed E-state index contributed by atoms with van der Waals surface area (Å²) in [5, 5.41) is 2.11. The zero-order chi connectivity index (χ0) is 14.8. The summed E-state index contributed by atoms with van der Waals surface area (Å²) in [5.74, 6) is 2.16. The van der Waals surface area contributed by atoms with Crippen LogP contribution in [0.15, 0.2) is 35.7 Å². The van der Waals surface area contributed by atoms with Crippen LogP contribution in [-0.4, -0.2) is 16.7 Å². The van der Waals surface area contributed by atoms with Gasteiger partial charge in [-0.3, -0.25) is 0 Å². The van der Waals surface area contributed by atoms with Crippen molar-refractivity contribution in [2.45, 2.75) is 25.3 Å². The van der Waals surface area contributed by atoms with Crippen LogP contribution in [0.2, 0.25) is 0 Å². The Morgan fingerprint density at radius 1 is 1.38 bits per heavy atom. The summed E-state index contributed by atoms with van der Waals surface area (Å²) in [4.78, 5) is 6.00. The topological polar surface area (TPSA) is 27.1 Å². The number of aromatic nitrogens is 2. The molecule has 2 heterocycles. The predicted octanol–water partition coefficient (Wildman–Crippen LogP) is 4.65. The van der Waals surface area contributed by atoms with Crippen molar-refractivity contribution >= 4 is 34.0 Å². The Morgan fingerprint density at radius 3 is 2.90 bits per heavy atom. The summed E-state index contributed by atoms with van der Waals surface area (Å²) in [6.45, 7) is 2.20. The number of halogens is 1. The monoisotopic (exact) mass is 320 g/mol. The molecule has 110 valence electrons. The van der Waals surface area contributed by atoms with Crippen LogP contribution in [0.5, 0.6) is 5.75 Å². The molecule has 0 aliphatic carbocycles. The van der Waals surface area contributed by atoms with Crippen molar-refractivity contribution in [3.8, 4) is 5.75 Å². The molecular formula is C16H17ClN2OS. The largest absolute Gasteiger partial charge is 0.497 e. The number of rotatable bonds is 5. The number of methoxy groups -OCH3 is 1. The van der Waals surface area contributed by atoms with Gasteiger partial charge in [-0.15, -0.1) is 22.9 Å². The van der Waals surface area contributed by atoms with Crippen molar-refractivity contribution in [3.63, 3.8) is 0 Å². The summed E-state index contributed by atoms with van der Waals surface area (Å²) < 4.78 is 7.56. The first kappa shape index (κ1) is 14.4. The van der Waals surface area contributed by atoms with E-state index in [-0.39, 0.29) is 0 Å². The molecular weight excluding hydrogens is 304 g/mol. The van der Waals surface area contributed by atoms with E-state index in [9.17, 15) is 0 Å². The van der Waals surface area contributed by atoms with E-state index in [0.717, 1.165) is 29.0 Å². The number of ether oxygens (including phenoxy) is 1. The van der Waals surface area contributed by atoms with E-state index in [1.165, 1.54) is 4.88 Å². The van der Waals surface area contributed by atoms with Gasteiger partial charge in [-0.1, -0.05) is 6.07 Å². The van der Waals surface area contributed by atoms with Gasteiger partial charge in [-0.05, 0) is 30.5 Å². The summed E-state index contributed by atoms with van der Waals surface area (Å²) in [6, 6.07) is 10.5. The van der Waals surface area contributed by atoms with Crippen molar-refractivity contribution < 1.29 is 4.74 Å². The summed E-state index contributed by atoms with van der Waals surface area (Å²) in [6.07, 6.45) is 0.976. The molecule has 21 heavy (non-hydrogen) atoms. The Hall–Kier alpha value is -1.52. The number of thiophene rings is 1. The lowest BCUT2D eigenvalue weighted by atomic mass is 10.2. The number of fused-ring (bicyclic) bond motifs is 1. The van der Waals surface area contributed by atoms with Crippen molar-refractivity contribution in [2.24, 2.45) is 0 Å². The van der Waals surface area contributed by atoms with E-state index in [4.69, 9.17) is 16.3 Å². The van der Waals surface area contributed by atoms with Crippen LogP contribution in [0.3, 0.4) is 0 Å². The number of alkyl halides is 1. The molecule has 2 aromatic heterocycles. The second-order valence-electron chi connectivity index (χ2n) is 5.02. The van der Waals surface area contributed by atoms with E-state index in [1.54, 1.807) is 18.4 Å². The SMILES string of the molecule is COc1ccc2nc(CCl)n(C(C)Cc3cccs3)c2c1. The average Bonchev–Trinajstić information content (AvgIpc) is 3.12. The zero-order valence-electron chi connectivity index (χ0n) is 12.0. The molecule has 1 atom stereocenters. The van der Waals surface area contributed by atoms with Crippen molar-refractivity contribution in [3.05, 3.63) is 46.4 Å². The minimum Gasteiger partial charge on any atom is -0.497 e. The van der Waals surface area contributed by atoms with E-state index < -0.39 is 0 Å². The third kappa shape index (κ3) is 2.78. The molecule has 0 bridgehead atoms. The number of nitrogens with zero attached hydrogens (tertiary/aromatic N) is 2. The molecule has 0 spiro atoms. The highest BCUT2D eigenvalue weighted by Gasteiger charge is 2.16. The highest BCUT2D eigenvalue weighted by atomic mass is 35.5. The van der Waals surface area contributed by atoms with Gasteiger partial charge in [-0.2, -0.15) is 0 Å². The second-order valence-corrected chi connectivity index (χ2v) is 6.32. The first-order valence-corrected chi connectivity index (χ1v) is 8.27. The highest BCUT2D eigenvalue weighted by molar-refractivity contribution is 7.09. The third-order valence-electron chi connectivity index (χ3n) is 3.61. The maximum Gasteiger partial charge on any atom is 0.125 e. The normalized spacial score (nSPS) is 12.7. The Morgan fingerprint density at radius 2 is 2.24 bits per heavy atom. The Labute approximate surface area is 133 Å². The van der Waals surface area contributed by atoms with Crippen LogP contribution in [0.25, 0.3) is 11.0 Å². The maximum atomic E-state index is 6.09. The Bertz CT molecular complexity index is 736. The predicted molar refractivity (Wildman–Crippen MR) is 88.6 cm³/mol. The maximum absolute atomic E-state index is 6.09. The minimum atomic E-state index is 0.300. The van der Waals surface area contributed by atoms with Crippen LogP contribution >= 0.6 is 22.9 Å². The molecule has 0 aliphatic heterocycles. The standard InChI is InChI=1S/C16H17ClN2OS/c1-11(8-13-4-3-7-21-13)19-15-9-12(20-2)5-6-14(15)18-16(19)10-17/h3-7,9,11H,8,10H2,1-2H3. The molecule has 1 unspecified atom stereocenters. The fraction of sp³-hybridized carbons (Fsp3) is 0.312. The second kappa shape index (κ2) is 6.08. The summed E-state index contributed by atoms with van der Waals surface area (Å²) in [7, 11) is 1.68. The quantitative estimate of drug-likeness (QED) is 0.640. The Kier molecular flexibility index (Phi) is 4.17. The number of hydrogen-bond donors (Lipinski definition) is 0. The first-order chi connectivity index (χ1) is 10.2. The molecule has 0 aliphatic rings. The van der Waals surface area contributed by atoms with Crippen molar-refractivity contribution in [1.82, 2.24) is 9.55 Å². The number of imidazole rings is 1. The van der Waals surface area contributed by atoms with Crippen LogP contribution < -0.4 is 4.74 Å². The molecule has 5 heteroatoms. The van der Waals surface area contributed by atoms with E-state index in [2.05, 4.69) is 34.0 Å². The van der Waals surface area contributed by atoms with Gasteiger partial charge < -0.3 is 9.30 Å². The highest BCUT2D eigenvalue weighted by Crippen LogP contribution is 2.28. The summed E-state index contributed by atoms with van der Waals surface area (Å²) in [5.41, 5.74) is 2.04. The Balaban J connectivity index is 2.05. The zero-order valence-corrected chi connectivity index (χ0v) is 13.6. The van der Waals surface area contributed by atoms with E-state index in [0.29, 0.717) is 11.9 Å². The van der Waals surface area contributed by atoms with Gasteiger partial charge in [0.05, 0.1) is 24.0 Å². The molecule has 0 fully saturated rings. The van der Waals surface area contributed by atoms with Gasteiger partial charge in [0.25, 0.3) is 0 Å². The van der Waals surface area contributed by atoms with Crippen LogP contribution in [0.4, 0.5) is 0 Å². The fourth-order valence-corrected chi connectivity index (χ4v) is 3.66. The van der Waals surface area contributed by atoms with E-state index >= 15 is 0 Å². The van der Waals surface area contributed by atoms with Gasteiger partial charge in [-0.25, -0.2) is 4.98 Å². The molecule has 0 saturated heterocycles. The van der Waals surface area contributed by atoms with Crippen LogP contribution in [0.1, 0.15) is 23.7 Å². The van der Waals surface area contributed by atoms with Crippen LogP contribution in [0, 0.1) is 0 Å². The van der Waals surface area contributed by atoms with Crippen molar-refractivity contribution in [1.29, 1.82) is 0 Å². The number of benzene rings is 1. The lowest BCUT2D eigenvalue weighted by molar-refractivity contribution is 0.415. The molecule has 0 saturated carbocycles. The average molecular weight is 321 g/mol. The minimum absolute atomic E-state index is 0.300. The fourth-order valence-electron chi connectivity index (χ4n) is 2.65. The lowest BCUT2D eigenvalue weighted by Gasteiger charge is -2.16. The molecule has 3 rings (SSSR count). The van der Waals surface area contributed by atoms with Crippen molar-refractivity contribution in [2.75, 3.05) is 7.11 Å². The molecule has 0 radical (unpaired) electrons. The van der Waals surface area contributed by atoms with Gasteiger partial charge in [0.15, 0.2) is 0 Å². The van der Waals surface area contributed by atoms with Gasteiger partial charge in [0.1, 0.15) is 11.6 Å². The lowest BCUT2D eigenvalue weighted by Crippen LogP contribution is -2.10. The number of hydrogen-bond acceptors (Lipinski definition) is 3. The van der Waals surface area contributed by atoms with E-state index in [1.807, 2.05) is 18.2 Å². The molecule has 3 aromatic rings. The molecule has 1 aromatic carbocycles. The van der Waals surface area contributed by atoms with Crippen LogP contribution in [-0.2, 0) is 12.3 Å². The van der Waals surface area contributed by atoms with Gasteiger partial charge in [0, 0.05) is 23.4 Å². The summed E-state index contributed by atoms with van der Waals surface area (Å²) >= 11 is 7.87.